The largest absolute Gasteiger partial charge is 0.497 e. The van der Waals surface area contributed by atoms with Gasteiger partial charge in [-0.05, 0) is 36.2 Å². The molecular formula is C15H15BrO2. The van der Waals surface area contributed by atoms with Crippen LogP contribution in [0, 0.1) is 6.92 Å². The van der Waals surface area contributed by atoms with E-state index in [9.17, 15) is 0 Å². The van der Waals surface area contributed by atoms with E-state index in [0.717, 1.165) is 21.5 Å². The number of aryl methyl sites for hydroxylation is 1. The molecule has 0 N–H and O–H groups in total. The molecule has 0 atom stereocenters. The van der Waals surface area contributed by atoms with Crippen LogP contribution in [0.2, 0.25) is 0 Å². The number of methoxy groups -OCH3 is 1. The lowest BCUT2D eigenvalue weighted by molar-refractivity contribution is 0.303. The van der Waals surface area contributed by atoms with E-state index in [1.165, 1.54) is 5.56 Å². The highest BCUT2D eigenvalue weighted by molar-refractivity contribution is 9.10. The number of halogens is 1. The van der Waals surface area contributed by atoms with Gasteiger partial charge in [-0.2, -0.15) is 0 Å². The highest BCUT2D eigenvalue weighted by Crippen LogP contribution is 2.21. The third-order valence-corrected chi connectivity index (χ3v) is 3.54. The van der Waals surface area contributed by atoms with Crippen LogP contribution in [0.3, 0.4) is 0 Å². The molecule has 0 aliphatic carbocycles. The molecule has 18 heavy (non-hydrogen) atoms. The summed E-state index contributed by atoms with van der Waals surface area (Å²) in [4.78, 5) is 0. The van der Waals surface area contributed by atoms with Crippen molar-refractivity contribution in [3.63, 3.8) is 0 Å². The van der Waals surface area contributed by atoms with Gasteiger partial charge in [-0.25, -0.2) is 0 Å². The van der Waals surface area contributed by atoms with Crippen LogP contribution in [0.4, 0.5) is 0 Å². The molecule has 0 aromatic heterocycles. The molecule has 2 aromatic carbocycles. The molecule has 0 radical (unpaired) electrons. The zero-order valence-corrected chi connectivity index (χ0v) is 12.0. The Balaban J connectivity index is 2.04. The number of hydrogen-bond donors (Lipinski definition) is 0. The zero-order valence-electron chi connectivity index (χ0n) is 10.4. The van der Waals surface area contributed by atoms with Crippen LogP contribution < -0.4 is 9.47 Å². The van der Waals surface area contributed by atoms with Crippen molar-refractivity contribution in [2.75, 3.05) is 7.11 Å². The summed E-state index contributed by atoms with van der Waals surface area (Å²) in [6, 6.07) is 13.8. The molecule has 0 saturated heterocycles. The average Bonchev–Trinajstić information content (AvgIpc) is 2.40. The Labute approximate surface area is 116 Å². The Kier molecular flexibility index (Phi) is 4.26. The maximum Gasteiger partial charge on any atom is 0.123 e. The van der Waals surface area contributed by atoms with Crippen molar-refractivity contribution < 1.29 is 9.47 Å². The number of rotatable bonds is 4. The lowest BCUT2D eigenvalue weighted by Crippen LogP contribution is -1.96. The van der Waals surface area contributed by atoms with Crippen molar-refractivity contribution >= 4 is 15.9 Å². The molecule has 3 heteroatoms. The highest BCUT2D eigenvalue weighted by Gasteiger charge is 2.00. The van der Waals surface area contributed by atoms with E-state index in [2.05, 4.69) is 41.1 Å². The molecule has 0 amide bonds. The number of hydrogen-bond acceptors (Lipinski definition) is 2. The van der Waals surface area contributed by atoms with E-state index >= 15 is 0 Å². The first-order valence-corrected chi connectivity index (χ1v) is 6.50. The maximum absolute atomic E-state index is 5.73. The van der Waals surface area contributed by atoms with Gasteiger partial charge in [0.15, 0.2) is 0 Å². The second-order valence-electron chi connectivity index (χ2n) is 4.05. The summed E-state index contributed by atoms with van der Waals surface area (Å²) >= 11 is 3.52. The van der Waals surface area contributed by atoms with Crippen molar-refractivity contribution in [1.82, 2.24) is 0 Å². The Hall–Kier alpha value is -1.48. The fourth-order valence-corrected chi connectivity index (χ4v) is 2.01. The van der Waals surface area contributed by atoms with Crippen LogP contribution in [0.25, 0.3) is 0 Å². The third-order valence-electron chi connectivity index (χ3n) is 2.68. The van der Waals surface area contributed by atoms with Crippen molar-refractivity contribution in [3.8, 4) is 11.5 Å². The minimum atomic E-state index is 0.548. The molecule has 0 aliphatic rings. The summed E-state index contributed by atoms with van der Waals surface area (Å²) in [7, 11) is 1.65. The van der Waals surface area contributed by atoms with E-state index in [1.807, 2.05) is 24.3 Å². The Morgan fingerprint density at radius 1 is 1.06 bits per heavy atom. The summed E-state index contributed by atoms with van der Waals surface area (Å²) in [5, 5.41) is 0. The molecule has 2 nitrogen and oxygen atoms in total. The molecule has 0 spiro atoms. The van der Waals surface area contributed by atoms with Gasteiger partial charge in [0.1, 0.15) is 18.1 Å². The van der Waals surface area contributed by atoms with Gasteiger partial charge in [0.25, 0.3) is 0 Å². The number of benzene rings is 2. The summed E-state index contributed by atoms with van der Waals surface area (Å²) in [6.07, 6.45) is 0. The molecule has 0 fully saturated rings. The maximum atomic E-state index is 5.73. The Morgan fingerprint density at radius 2 is 1.83 bits per heavy atom. The van der Waals surface area contributed by atoms with E-state index < -0.39 is 0 Å². The van der Waals surface area contributed by atoms with Gasteiger partial charge < -0.3 is 9.47 Å². The molecule has 2 rings (SSSR count). The van der Waals surface area contributed by atoms with Gasteiger partial charge in [-0.3, -0.25) is 0 Å². The van der Waals surface area contributed by atoms with E-state index in [0.29, 0.717) is 6.61 Å². The first-order chi connectivity index (χ1) is 8.69. The SMILES string of the molecule is COc1cccc(OCc2ccc(C)c(Br)c2)c1. The first kappa shape index (κ1) is 13.0. The van der Waals surface area contributed by atoms with Gasteiger partial charge >= 0.3 is 0 Å². The smallest absolute Gasteiger partial charge is 0.123 e. The van der Waals surface area contributed by atoms with Crippen LogP contribution in [0.1, 0.15) is 11.1 Å². The molecule has 94 valence electrons. The van der Waals surface area contributed by atoms with E-state index in [4.69, 9.17) is 9.47 Å². The van der Waals surface area contributed by atoms with Crippen molar-refractivity contribution in [2.24, 2.45) is 0 Å². The molecule has 0 unspecified atom stereocenters. The quantitative estimate of drug-likeness (QED) is 0.836. The van der Waals surface area contributed by atoms with Crippen LogP contribution in [-0.2, 0) is 6.61 Å². The molecule has 0 bridgehead atoms. The van der Waals surface area contributed by atoms with Crippen LogP contribution >= 0.6 is 15.9 Å². The van der Waals surface area contributed by atoms with Gasteiger partial charge in [0, 0.05) is 10.5 Å². The summed E-state index contributed by atoms with van der Waals surface area (Å²) in [6.45, 7) is 2.61. The van der Waals surface area contributed by atoms with E-state index in [-0.39, 0.29) is 0 Å². The van der Waals surface area contributed by atoms with Crippen LogP contribution in [-0.4, -0.2) is 7.11 Å². The second-order valence-corrected chi connectivity index (χ2v) is 4.91. The topological polar surface area (TPSA) is 18.5 Å². The summed E-state index contributed by atoms with van der Waals surface area (Å²) in [5.74, 6) is 1.61. The highest BCUT2D eigenvalue weighted by atomic mass is 79.9. The fourth-order valence-electron chi connectivity index (χ4n) is 1.58. The minimum Gasteiger partial charge on any atom is -0.497 e. The second kappa shape index (κ2) is 5.91. The van der Waals surface area contributed by atoms with Crippen molar-refractivity contribution in [3.05, 3.63) is 58.1 Å². The third kappa shape index (κ3) is 3.26. The zero-order chi connectivity index (χ0) is 13.0. The van der Waals surface area contributed by atoms with Gasteiger partial charge in [0.05, 0.1) is 7.11 Å². The number of ether oxygens (including phenoxy) is 2. The molecular weight excluding hydrogens is 292 g/mol. The van der Waals surface area contributed by atoms with Crippen molar-refractivity contribution in [2.45, 2.75) is 13.5 Å². The Bertz CT molecular complexity index is 538. The first-order valence-electron chi connectivity index (χ1n) is 5.71. The Morgan fingerprint density at radius 3 is 2.56 bits per heavy atom. The van der Waals surface area contributed by atoms with Crippen molar-refractivity contribution in [1.29, 1.82) is 0 Å². The van der Waals surface area contributed by atoms with Gasteiger partial charge in [-0.1, -0.05) is 34.1 Å². The van der Waals surface area contributed by atoms with Gasteiger partial charge in [0.2, 0.25) is 0 Å². The lowest BCUT2D eigenvalue weighted by atomic mass is 10.2. The molecule has 0 saturated carbocycles. The monoisotopic (exact) mass is 306 g/mol. The summed E-state index contributed by atoms with van der Waals surface area (Å²) < 4.78 is 12.0. The fraction of sp³-hybridized carbons (Fsp3) is 0.200. The predicted molar refractivity (Wildman–Crippen MR) is 76.2 cm³/mol. The predicted octanol–water partition coefficient (Wildman–Crippen LogP) is 4.35. The molecule has 2 aromatic rings. The van der Waals surface area contributed by atoms with Crippen LogP contribution in [0.5, 0.6) is 11.5 Å². The lowest BCUT2D eigenvalue weighted by Gasteiger charge is -2.08. The van der Waals surface area contributed by atoms with E-state index in [1.54, 1.807) is 7.11 Å². The normalized spacial score (nSPS) is 10.2. The average molecular weight is 307 g/mol. The minimum absolute atomic E-state index is 0.548. The molecule has 0 aliphatic heterocycles. The van der Waals surface area contributed by atoms with Gasteiger partial charge in [-0.15, -0.1) is 0 Å². The molecule has 0 heterocycles. The van der Waals surface area contributed by atoms with Crippen LogP contribution in [0.15, 0.2) is 46.9 Å². The standard InChI is InChI=1S/C15H15BrO2/c1-11-6-7-12(8-15(11)16)10-18-14-5-3-4-13(9-14)17-2/h3-9H,10H2,1-2H3. The summed E-state index contributed by atoms with van der Waals surface area (Å²) in [5.41, 5.74) is 2.36.